The first kappa shape index (κ1) is 128. The number of hydrogen-bond acceptors (Lipinski definition) is 28. The lowest BCUT2D eigenvalue weighted by Crippen LogP contribution is -2.61. The van der Waals surface area contributed by atoms with Crippen LogP contribution < -0.4 is 146 Å². The maximum Gasteiger partial charge on any atom is 0.326 e. The minimum Gasteiger partial charge on any atom is -0.508 e. The van der Waals surface area contributed by atoms with Gasteiger partial charge in [-0.3, -0.25) is 108 Å². The van der Waals surface area contributed by atoms with Crippen LogP contribution >= 0.6 is 0 Å². The minimum atomic E-state index is -1.71. The number of phenolic OH excluding ortho intramolecular Hbond substituents is 1. The molecule has 18 amide bonds. The number of imidazole rings is 2. The van der Waals surface area contributed by atoms with E-state index in [1.54, 1.807) is 69.2 Å². The summed E-state index contributed by atoms with van der Waals surface area (Å²) in [7, 11) is 0. The van der Waals surface area contributed by atoms with E-state index >= 15 is 0 Å². The van der Waals surface area contributed by atoms with Crippen molar-refractivity contribution in [3.63, 3.8) is 0 Å². The fourth-order valence-corrected chi connectivity index (χ4v) is 14.7. The van der Waals surface area contributed by atoms with Crippen molar-refractivity contribution in [3.05, 3.63) is 66.3 Å². The highest BCUT2D eigenvalue weighted by molar-refractivity contribution is 6.02. The van der Waals surface area contributed by atoms with Gasteiger partial charge in [-0.05, 0) is 145 Å². The molecule has 3 rings (SSSR count). The van der Waals surface area contributed by atoms with Gasteiger partial charge in [-0.1, -0.05) is 81.4 Å². The van der Waals surface area contributed by atoms with Gasteiger partial charge in [-0.25, -0.2) is 14.8 Å². The third-order valence-corrected chi connectivity index (χ3v) is 22.4. The van der Waals surface area contributed by atoms with Gasteiger partial charge in [0.15, 0.2) is 23.8 Å². The number of carboxylic acids is 1. The Kier molecular flexibility index (Phi) is 56.9. The maximum absolute atomic E-state index is 14.8. The minimum absolute atomic E-state index is 0.00191. The van der Waals surface area contributed by atoms with E-state index in [4.69, 9.17) is 50.3 Å². The number of aliphatic carboxylic acids is 1. The summed E-state index contributed by atoms with van der Waals surface area (Å²) in [6, 6.07) is -18.1. The predicted octanol–water partition coefficient (Wildman–Crippen LogP) is -9.16. The zero-order chi connectivity index (χ0) is 112. The number of nitrogens with two attached hydrogens (primary N) is 5. The third kappa shape index (κ3) is 50.8. The summed E-state index contributed by atoms with van der Waals surface area (Å²) >= 11 is 0. The van der Waals surface area contributed by atoms with E-state index in [-0.39, 0.29) is 164 Å². The number of aromatic hydroxyl groups is 1. The summed E-state index contributed by atoms with van der Waals surface area (Å²) in [6.07, 6.45) is 4.17. The van der Waals surface area contributed by atoms with Crippen LogP contribution in [0.2, 0.25) is 0 Å². The van der Waals surface area contributed by atoms with Crippen LogP contribution in [0.1, 0.15) is 184 Å². The molecule has 0 fully saturated rings. The molecule has 0 aliphatic heterocycles. The van der Waals surface area contributed by atoms with Crippen LogP contribution in [-0.4, -0.2) is 320 Å². The zero-order valence-electron chi connectivity index (χ0n) is 86.4. The van der Waals surface area contributed by atoms with Gasteiger partial charge in [0.05, 0.1) is 50.3 Å². The van der Waals surface area contributed by atoms with Crippen LogP contribution in [-0.2, 0) is 110 Å². The second-order valence-electron chi connectivity index (χ2n) is 37.8. The number of carboxylic acid groups (broad SMARTS) is 1. The Hall–Kier alpha value is -15.6. The number of aliphatic hydroxyl groups is 1. The predicted molar refractivity (Wildman–Crippen MR) is 543 cm³/mol. The van der Waals surface area contributed by atoms with Gasteiger partial charge in [0, 0.05) is 57.8 Å². The van der Waals surface area contributed by atoms with Crippen LogP contribution in [0.15, 0.2) is 49.3 Å². The van der Waals surface area contributed by atoms with Crippen molar-refractivity contribution in [2.24, 2.45) is 58.3 Å². The van der Waals surface area contributed by atoms with Gasteiger partial charge >= 0.3 is 5.97 Å². The summed E-state index contributed by atoms with van der Waals surface area (Å²) < 4.78 is 0. The molecule has 0 unspecified atom stereocenters. The molecule has 0 radical (unpaired) electrons. The molecule has 0 spiro atoms. The highest BCUT2D eigenvalue weighted by Gasteiger charge is 2.40. The molecule has 0 bridgehead atoms. The molecule has 2 aromatic heterocycles. The largest absolute Gasteiger partial charge is 0.508 e. The molecule has 16 atom stereocenters. The van der Waals surface area contributed by atoms with Gasteiger partial charge in [0.1, 0.15) is 102 Å². The lowest BCUT2D eigenvalue weighted by Gasteiger charge is -2.30. The first-order chi connectivity index (χ1) is 70.1. The number of nitrogens with one attached hydrogen (secondary N) is 28. The Morgan fingerprint density at radius 1 is 0.322 bits per heavy atom. The molecule has 830 valence electrons. The van der Waals surface area contributed by atoms with Gasteiger partial charge < -0.3 is 171 Å². The Labute approximate surface area is 863 Å². The monoisotopic (exact) mass is 2100 g/mol. The zero-order valence-corrected chi connectivity index (χ0v) is 86.4. The number of H-pyrrole nitrogens is 2. The molecule has 149 heavy (non-hydrogen) atoms. The second-order valence-corrected chi connectivity index (χ2v) is 37.8. The van der Waals surface area contributed by atoms with E-state index in [0.29, 0.717) is 11.3 Å². The van der Waals surface area contributed by atoms with Crippen molar-refractivity contribution in [1.82, 2.24) is 137 Å². The average Bonchev–Trinajstić information content (AvgIpc) is 1.06. The van der Waals surface area contributed by atoms with Crippen molar-refractivity contribution >= 4 is 136 Å². The highest BCUT2D eigenvalue weighted by atomic mass is 16.4. The van der Waals surface area contributed by atoms with Crippen LogP contribution in [0.5, 0.6) is 5.75 Å². The second kappa shape index (κ2) is 66.5. The van der Waals surface area contributed by atoms with Crippen molar-refractivity contribution in [2.45, 2.75) is 283 Å². The molecular weight excluding hydrogens is 1950 g/mol. The molecule has 57 heteroatoms. The van der Waals surface area contributed by atoms with Crippen LogP contribution in [0.4, 0.5) is 0 Å². The number of carbonyl (C=O) groups excluding carboxylic acids is 18. The average molecular weight is 2100 g/mol. The lowest BCUT2D eigenvalue weighted by atomic mass is 9.97. The Morgan fingerprint density at radius 2 is 0.604 bits per heavy atom. The molecule has 3 aromatic rings. The van der Waals surface area contributed by atoms with Gasteiger partial charge in [0.25, 0.3) is 0 Å². The Bertz CT molecular complexity index is 4950. The van der Waals surface area contributed by atoms with Crippen molar-refractivity contribution in [3.8, 4) is 5.75 Å². The van der Waals surface area contributed by atoms with E-state index in [0.717, 1.165) is 0 Å². The Morgan fingerprint density at radius 3 is 0.973 bits per heavy atom. The molecule has 2 heterocycles. The number of phenols is 1. The normalized spacial score (nSPS) is 14.3. The number of benzene rings is 1. The van der Waals surface area contributed by atoms with E-state index in [9.17, 15) is 106 Å². The summed E-state index contributed by atoms with van der Waals surface area (Å²) in [4.78, 5) is 279. The summed E-state index contributed by atoms with van der Waals surface area (Å²) in [5.74, 6) is -21.7. The van der Waals surface area contributed by atoms with Gasteiger partial charge in [-0.2, -0.15) is 0 Å². The lowest BCUT2D eigenvalue weighted by molar-refractivity contribution is -0.142. The van der Waals surface area contributed by atoms with Crippen molar-refractivity contribution < 1.29 is 106 Å². The summed E-state index contributed by atoms with van der Waals surface area (Å²) in [6.45, 7) is 18.0. The molecule has 1 aromatic carbocycles. The number of guanidine groups is 4. The number of aromatic nitrogens is 4. The SMILES string of the molecule is CC(C)C[C@H](NC(=O)CNC(=O)[C@H](CCCNC(=N)N)NC(=O)[C@H](C)NC(=O)[C@H](C)NC(=O)[C@H](CCCNC(=N)N)NC(=O)[C@H](CC(C)C)NC(=O)[C@@H](NC(=O)[C@H](CC(C)C)NC(=O)[C@H](CC(C)C)NC(=O)[C@H](CO)NC(=O)[C@H](CCCNC(=N)N)NC(=O)CNC(=O)CN)C(C)C)C(=O)N[C@@H](Cc1ccc(O)cc1)C(=O)N[C@@H](CCCNC(=N)N)C(=O)N[C@@H](C)C(=O)N[C@@H](Cc1c[nH]cn1)C(=O)N[C@@H](Cc1c[nH]cn1)C(=O)O. The first-order valence-electron chi connectivity index (χ1n) is 49.1. The van der Waals surface area contributed by atoms with Gasteiger partial charge in [-0.15, -0.1) is 0 Å². The van der Waals surface area contributed by atoms with E-state index in [2.05, 4.69) is 137 Å². The van der Waals surface area contributed by atoms with Gasteiger partial charge in [0.2, 0.25) is 106 Å². The van der Waals surface area contributed by atoms with Crippen LogP contribution in [0, 0.1) is 51.2 Å². The topological polar surface area (TPSA) is 933 Å². The summed E-state index contributed by atoms with van der Waals surface area (Å²) in [5.41, 5.74) is 28.3. The smallest absolute Gasteiger partial charge is 0.326 e. The molecule has 57 nitrogen and oxygen atoms in total. The van der Waals surface area contributed by atoms with Crippen LogP contribution in [0.25, 0.3) is 0 Å². The first-order valence-corrected chi connectivity index (χ1v) is 49.1. The molecule has 0 saturated carbocycles. The Balaban J connectivity index is 1.86. The number of aliphatic hydroxyl groups excluding tert-OH is 1. The van der Waals surface area contributed by atoms with E-state index < -0.39 is 259 Å². The quantitative estimate of drug-likeness (QED) is 0.0142. The van der Waals surface area contributed by atoms with Crippen molar-refractivity contribution in [1.29, 1.82) is 21.6 Å². The number of carbonyl (C=O) groups is 19. The number of hydrogen-bond donors (Lipinski definition) is 36. The fourth-order valence-electron chi connectivity index (χ4n) is 14.7. The summed E-state index contributed by atoms with van der Waals surface area (Å²) in [5, 5.41) is 117. The van der Waals surface area contributed by atoms with E-state index in [1.165, 1.54) is 70.1 Å². The van der Waals surface area contributed by atoms with E-state index in [1.807, 2.05) is 0 Å². The van der Waals surface area contributed by atoms with Crippen LogP contribution in [0.3, 0.4) is 0 Å². The standard InChI is InChI=1S/C92H155N35O22/c1-45(2)30-61(80(140)123-65(34-53-22-24-56(129)25-23-53)83(143)119-60(21-17-29-107-92(100)101)78(138)114-52(13)75(135)120-66(35-54-38-102-43-110-54)84(144)125-67(88(148)149)36-55-39-103-44-111-55)116-71(132)41-109-76(136)57(18-14-26-104-89(94)95)117-74(134)51(12)112-73(133)50(11)113-77(137)59(20-16-28-106-91(98)99)118-81(141)63(32-47(5)6)124-87(147)72(49(9)10)127-85(145)64(33-48(7)8)121-82(142)62(31-46(3)4)122-86(146)68(42-128)126-79(139)58(19-15-27-105-90(96)97)115-70(131)40-108-69(130)37-93/h22-25,38-39,43-52,57-68,72,128-129H,14-21,26-37,40-42,93H2,1-13H3,(H,102,110)(H,103,111)(H,108,130)(H,109,136)(H,112,133)(H,113,137)(H,114,138)(H,115,131)(H,116,132)(H,117,134)(H,118,141)(H,119,143)(H,120,135)(H,121,142)(H,122,146)(H,123,140)(H,124,147)(H,125,144)(H,126,139)(H,127,145)(H,148,149)(H4,94,95,104)(H4,96,97,105)(H4,98,99,106)(H4,100,101,107)/t50-,51-,52-,57-,58-,59-,60-,61-,62-,63-,64-,65-,66-,67-,68-,72-/m0/s1. The number of amides is 18. The number of rotatable bonds is 69. The third-order valence-electron chi connectivity index (χ3n) is 22.4. The fraction of sp³-hybridized carbons (Fsp3) is 0.620. The molecule has 0 aliphatic rings. The molecule has 41 N–H and O–H groups in total. The maximum atomic E-state index is 14.8. The molecular formula is C92H155N35O22. The number of nitrogens with zero attached hydrogens (tertiary/aromatic N) is 2. The molecule has 0 saturated heterocycles. The highest BCUT2D eigenvalue weighted by Crippen LogP contribution is 2.18. The number of aromatic amines is 2. The molecule has 0 aliphatic carbocycles. The van der Waals surface area contributed by atoms with Crippen molar-refractivity contribution in [2.75, 3.05) is 52.4 Å².